The molecule has 0 aromatic carbocycles. The van der Waals surface area contributed by atoms with Crippen LogP contribution in [-0.4, -0.2) is 62.4 Å². The van der Waals surface area contributed by atoms with Crippen LogP contribution in [-0.2, 0) is 9.47 Å². The van der Waals surface area contributed by atoms with Crippen LogP contribution >= 0.6 is 11.6 Å². The van der Waals surface area contributed by atoms with E-state index < -0.39 is 0 Å². The minimum atomic E-state index is -0.0717. The van der Waals surface area contributed by atoms with Gasteiger partial charge in [-0.1, -0.05) is 0 Å². The number of rotatable bonds is 3. The van der Waals surface area contributed by atoms with Gasteiger partial charge in [0.05, 0.1) is 19.5 Å². The molecule has 3 aromatic heterocycles. The van der Waals surface area contributed by atoms with Crippen LogP contribution in [0.2, 0.25) is 5.28 Å². The molecule has 0 saturated carbocycles. The first-order valence-corrected chi connectivity index (χ1v) is 9.84. The van der Waals surface area contributed by atoms with E-state index in [4.69, 9.17) is 21.1 Å². The Bertz CT molecular complexity index is 966. The number of hydrogen-bond donors (Lipinski definition) is 0. The van der Waals surface area contributed by atoms with Gasteiger partial charge in [0.1, 0.15) is 17.4 Å². The molecule has 2 aliphatic rings. The standard InChI is InChI=1S/C18H20ClN7O2/c19-17-23-14(12-9-20-18(21-10-12)25-4-7-27-8-5-25)15-16(24-17)26(11-22-15)13-3-1-2-6-28-13/h9-11,13H,1-8H2. The maximum atomic E-state index is 6.23. The number of nitrogens with zero attached hydrogens (tertiary/aromatic N) is 7. The van der Waals surface area contributed by atoms with Crippen LogP contribution < -0.4 is 4.90 Å². The lowest BCUT2D eigenvalue weighted by Gasteiger charge is -2.26. The molecule has 0 bridgehead atoms. The van der Waals surface area contributed by atoms with Crippen LogP contribution in [0.5, 0.6) is 0 Å². The van der Waals surface area contributed by atoms with Crippen molar-refractivity contribution in [1.82, 2.24) is 29.5 Å². The van der Waals surface area contributed by atoms with Crippen molar-refractivity contribution in [3.05, 3.63) is 24.0 Å². The first-order valence-electron chi connectivity index (χ1n) is 9.46. The monoisotopic (exact) mass is 401 g/mol. The predicted molar refractivity (Wildman–Crippen MR) is 103 cm³/mol. The zero-order valence-corrected chi connectivity index (χ0v) is 16.0. The zero-order chi connectivity index (χ0) is 18.9. The predicted octanol–water partition coefficient (Wildman–Crippen LogP) is 2.47. The lowest BCUT2D eigenvalue weighted by Crippen LogP contribution is -2.37. The van der Waals surface area contributed by atoms with E-state index >= 15 is 0 Å². The van der Waals surface area contributed by atoms with Crippen LogP contribution in [0.15, 0.2) is 18.7 Å². The molecule has 5 rings (SSSR count). The highest BCUT2D eigenvalue weighted by Crippen LogP contribution is 2.30. The van der Waals surface area contributed by atoms with E-state index in [1.165, 1.54) is 0 Å². The Kier molecular flexibility index (Phi) is 4.79. The molecule has 1 unspecified atom stereocenters. The Morgan fingerprint density at radius 2 is 1.82 bits per heavy atom. The van der Waals surface area contributed by atoms with Gasteiger partial charge in [0, 0.05) is 37.7 Å². The van der Waals surface area contributed by atoms with Crippen molar-refractivity contribution in [2.24, 2.45) is 0 Å². The summed E-state index contributed by atoms with van der Waals surface area (Å²) in [5, 5.41) is 0.164. The summed E-state index contributed by atoms with van der Waals surface area (Å²) in [6.07, 6.45) is 8.32. The summed E-state index contributed by atoms with van der Waals surface area (Å²) in [5.74, 6) is 0.685. The Morgan fingerprint density at radius 1 is 1.00 bits per heavy atom. The second kappa shape index (κ2) is 7.57. The molecule has 2 saturated heterocycles. The summed E-state index contributed by atoms with van der Waals surface area (Å²) < 4.78 is 13.2. The molecule has 2 aliphatic heterocycles. The van der Waals surface area contributed by atoms with Crippen LogP contribution in [0.3, 0.4) is 0 Å². The maximum Gasteiger partial charge on any atom is 0.225 e. The molecule has 3 aromatic rings. The third-order valence-electron chi connectivity index (χ3n) is 5.07. The molecule has 0 amide bonds. The molecule has 0 spiro atoms. The smallest absolute Gasteiger partial charge is 0.225 e. The Hall–Kier alpha value is -2.36. The van der Waals surface area contributed by atoms with Gasteiger partial charge in [0.25, 0.3) is 0 Å². The van der Waals surface area contributed by atoms with Crippen molar-refractivity contribution in [2.45, 2.75) is 25.5 Å². The van der Waals surface area contributed by atoms with E-state index in [0.717, 1.165) is 44.5 Å². The van der Waals surface area contributed by atoms with Crippen molar-refractivity contribution in [3.63, 3.8) is 0 Å². The van der Waals surface area contributed by atoms with Gasteiger partial charge in [-0.25, -0.2) is 19.9 Å². The minimum absolute atomic E-state index is 0.0717. The molecule has 0 aliphatic carbocycles. The van der Waals surface area contributed by atoms with Gasteiger partial charge in [-0.05, 0) is 30.9 Å². The fraction of sp³-hybridized carbons (Fsp3) is 0.500. The van der Waals surface area contributed by atoms with Crippen LogP contribution in [0.1, 0.15) is 25.5 Å². The Morgan fingerprint density at radius 3 is 2.57 bits per heavy atom. The maximum absolute atomic E-state index is 6.23. The molecular weight excluding hydrogens is 382 g/mol. The van der Waals surface area contributed by atoms with Gasteiger partial charge in [-0.15, -0.1) is 0 Å². The van der Waals surface area contributed by atoms with Crippen molar-refractivity contribution in [1.29, 1.82) is 0 Å². The SMILES string of the molecule is Clc1nc(-c2cnc(N3CCOCC3)nc2)c2ncn(C3CCCCO3)c2n1. The van der Waals surface area contributed by atoms with Crippen LogP contribution in [0.4, 0.5) is 5.95 Å². The van der Waals surface area contributed by atoms with Gasteiger partial charge in [-0.3, -0.25) is 4.57 Å². The molecule has 2 fully saturated rings. The van der Waals surface area contributed by atoms with Crippen molar-refractivity contribution < 1.29 is 9.47 Å². The lowest BCUT2D eigenvalue weighted by atomic mass is 10.2. The van der Waals surface area contributed by atoms with Crippen molar-refractivity contribution in [2.75, 3.05) is 37.8 Å². The summed E-state index contributed by atoms with van der Waals surface area (Å²) in [6.45, 7) is 3.69. The fourth-order valence-corrected chi connectivity index (χ4v) is 3.78. The van der Waals surface area contributed by atoms with E-state index in [2.05, 4.69) is 29.8 Å². The Balaban J connectivity index is 1.50. The molecule has 10 heteroatoms. The van der Waals surface area contributed by atoms with Gasteiger partial charge < -0.3 is 14.4 Å². The normalized spacial score (nSPS) is 20.6. The average Bonchev–Trinajstić information content (AvgIpc) is 3.18. The summed E-state index contributed by atoms with van der Waals surface area (Å²) in [7, 11) is 0. The molecular formula is C18H20ClN7O2. The molecule has 0 N–H and O–H groups in total. The van der Waals surface area contributed by atoms with Crippen LogP contribution in [0, 0.1) is 0 Å². The fourth-order valence-electron chi connectivity index (χ4n) is 3.62. The second-order valence-electron chi connectivity index (χ2n) is 6.86. The summed E-state index contributed by atoms with van der Waals surface area (Å²) in [6, 6.07) is 0. The van der Waals surface area contributed by atoms with Gasteiger partial charge in [0.2, 0.25) is 11.2 Å². The van der Waals surface area contributed by atoms with E-state index in [-0.39, 0.29) is 11.5 Å². The van der Waals surface area contributed by atoms with E-state index in [1.54, 1.807) is 18.7 Å². The van der Waals surface area contributed by atoms with Gasteiger partial charge in [0.15, 0.2) is 5.65 Å². The number of aromatic nitrogens is 6. The summed E-state index contributed by atoms with van der Waals surface area (Å²) >= 11 is 6.23. The molecule has 146 valence electrons. The van der Waals surface area contributed by atoms with Crippen LogP contribution in [0.25, 0.3) is 22.4 Å². The number of ether oxygens (including phenoxy) is 2. The zero-order valence-electron chi connectivity index (χ0n) is 15.3. The number of hydrogen-bond acceptors (Lipinski definition) is 8. The summed E-state index contributed by atoms with van der Waals surface area (Å²) in [5.41, 5.74) is 2.71. The van der Waals surface area contributed by atoms with Crippen molar-refractivity contribution in [3.8, 4) is 11.3 Å². The molecule has 9 nitrogen and oxygen atoms in total. The average molecular weight is 402 g/mol. The molecule has 0 radical (unpaired) electrons. The molecule has 28 heavy (non-hydrogen) atoms. The highest BCUT2D eigenvalue weighted by molar-refractivity contribution is 6.28. The van der Waals surface area contributed by atoms with E-state index in [9.17, 15) is 0 Å². The quantitative estimate of drug-likeness (QED) is 0.618. The number of anilines is 1. The number of imidazole rings is 1. The molecule has 1 atom stereocenters. The summed E-state index contributed by atoms with van der Waals surface area (Å²) in [4.78, 5) is 24.5. The highest BCUT2D eigenvalue weighted by Gasteiger charge is 2.22. The van der Waals surface area contributed by atoms with Crippen molar-refractivity contribution >= 4 is 28.7 Å². The third-order valence-corrected chi connectivity index (χ3v) is 5.23. The topological polar surface area (TPSA) is 91.1 Å². The number of halogens is 1. The van der Waals surface area contributed by atoms with Gasteiger partial charge >= 0.3 is 0 Å². The molecule has 5 heterocycles. The first kappa shape index (κ1) is 17.7. The van der Waals surface area contributed by atoms with E-state index in [1.807, 2.05) is 4.57 Å². The Labute approximate surface area is 166 Å². The number of fused-ring (bicyclic) bond motifs is 1. The van der Waals surface area contributed by atoms with Gasteiger partial charge in [-0.2, -0.15) is 4.98 Å². The second-order valence-corrected chi connectivity index (χ2v) is 7.20. The van der Waals surface area contributed by atoms with E-state index in [0.29, 0.717) is 36.0 Å². The number of morpholine rings is 1. The largest absolute Gasteiger partial charge is 0.378 e. The third kappa shape index (κ3) is 3.30. The lowest BCUT2D eigenvalue weighted by molar-refractivity contribution is -0.0298. The minimum Gasteiger partial charge on any atom is -0.378 e. The highest BCUT2D eigenvalue weighted by atomic mass is 35.5. The first-order chi connectivity index (χ1) is 13.8.